The zero-order valence-corrected chi connectivity index (χ0v) is 10.8. The molecule has 0 unspecified atom stereocenters. The summed E-state index contributed by atoms with van der Waals surface area (Å²) in [6.45, 7) is 4.73. The Morgan fingerprint density at radius 2 is 2.06 bits per heavy atom. The van der Waals surface area contributed by atoms with Crippen LogP contribution in [0.2, 0.25) is 5.02 Å². The molecule has 88 valence electrons. The summed E-state index contributed by atoms with van der Waals surface area (Å²) < 4.78 is 5.48. The van der Waals surface area contributed by atoms with Gasteiger partial charge in [-0.1, -0.05) is 11.6 Å². The second kappa shape index (κ2) is 3.94. The molecule has 0 heterocycles. The largest absolute Gasteiger partial charge is 0.496 e. The monoisotopic (exact) mass is 239 g/mol. The van der Waals surface area contributed by atoms with E-state index in [1.807, 2.05) is 13.0 Å². The first kappa shape index (κ1) is 11.7. The molecule has 0 spiro atoms. The molecule has 0 saturated heterocycles. The summed E-state index contributed by atoms with van der Waals surface area (Å²) in [6.07, 6.45) is 2.28. The van der Waals surface area contributed by atoms with Gasteiger partial charge in [-0.15, -0.1) is 0 Å². The van der Waals surface area contributed by atoms with E-state index in [0.717, 1.165) is 34.7 Å². The van der Waals surface area contributed by atoms with Crippen molar-refractivity contribution in [2.45, 2.75) is 32.1 Å². The van der Waals surface area contributed by atoms with E-state index >= 15 is 0 Å². The first-order valence-corrected chi connectivity index (χ1v) is 5.98. The molecule has 1 aliphatic carbocycles. The number of rotatable bonds is 3. The number of benzene rings is 1. The number of methoxy groups -OCH3 is 1. The highest BCUT2D eigenvalue weighted by Gasteiger charge is 2.46. The van der Waals surface area contributed by atoms with Crippen LogP contribution < -0.4 is 10.5 Å². The lowest BCUT2D eigenvalue weighted by Crippen LogP contribution is -2.22. The van der Waals surface area contributed by atoms with Crippen LogP contribution in [0.25, 0.3) is 0 Å². The van der Waals surface area contributed by atoms with Gasteiger partial charge >= 0.3 is 0 Å². The number of ether oxygens (including phenoxy) is 1. The fourth-order valence-corrected chi connectivity index (χ4v) is 2.60. The van der Waals surface area contributed by atoms with Gasteiger partial charge in [-0.25, -0.2) is 0 Å². The van der Waals surface area contributed by atoms with Crippen LogP contribution in [0.15, 0.2) is 6.07 Å². The van der Waals surface area contributed by atoms with Gasteiger partial charge in [0.1, 0.15) is 5.75 Å². The van der Waals surface area contributed by atoms with Crippen LogP contribution in [0, 0.1) is 13.8 Å². The Kier molecular flexibility index (Phi) is 2.89. The molecular formula is C13H18ClNO. The summed E-state index contributed by atoms with van der Waals surface area (Å²) >= 11 is 6.31. The van der Waals surface area contributed by atoms with Crippen LogP contribution in [0.3, 0.4) is 0 Å². The maximum absolute atomic E-state index is 6.31. The minimum absolute atomic E-state index is 0.118. The number of hydrogen-bond donors (Lipinski definition) is 1. The fraction of sp³-hybridized carbons (Fsp3) is 0.538. The molecule has 2 rings (SSSR count). The van der Waals surface area contributed by atoms with Crippen LogP contribution in [0.1, 0.15) is 29.5 Å². The average Bonchev–Trinajstić information content (AvgIpc) is 3.06. The highest BCUT2D eigenvalue weighted by molar-refractivity contribution is 6.32. The van der Waals surface area contributed by atoms with Gasteiger partial charge in [0.15, 0.2) is 0 Å². The summed E-state index contributed by atoms with van der Waals surface area (Å²) in [5.41, 5.74) is 9.41. The number of hydrogen-bond acceptors (Lipinski definition) is 2. The van der Waals surface area contributed by atoms with Gasteiger partial charge in [-0.05, 0) is 43.9 Å². The van der Waals surface area contributed by atoms with Crippen molar-refractivity contribution in [2.75, 3.05) is 13.7 Å². The fourth-order valence-electron chi connectivity index (χ4n) is 2.45. The first-order valence-electron chi connectivity index (χ1n) is 5.60. The zero-order chi connectivity index (χ0) is 11.9. The van der Waals surface area contributed by atoms with Crippen LogP contribution in [-0.2, 0) is 5.41 Å². The van der Waals surface area contributed by atoms with Crippen molar-refractivity contribution in [2.24, 2.45) is 5.73 Å². The molecule has 0 radical (unpaired) electrons. The van der Waals surface area contributed by atoms with Crippen molar-refractivity contribution < 1.29 is 4.74 Å². The summed E-state index contributed by atoms with van der Waals surface area (Å²) in [7, 11) is 1.71. The lowest BCUT2D eigenvalue weighted by atomic mass is 9.89. The zero-order valence-electron chi connectivity index (χ0n) is 10.1. The van der Waals surface area contributed by atoms with Crippen molar-refractivity contribution in [1.29, 1.82) is 0 Å². The normalized spacial score (nSPS) is 17.3. The smallest absolute Gasteiger partial charge is 0.123 e. The van der Waals surface area contributed by atoms with Crippen molar-refractivity contribution in [3.63, 3.8) is 0 Å². The molecule has 2 nitrogen and oxygen atoms in total. The van der Waals surface area contributed by atoms with E-state index in [1.54, 1.807) is 7.11 Å². The van der Waals surface area contributed by atoms with Crippen LogP contribution in [-0.4, -0.2) is 13.7 Å². The Labute approximate surface area is 102 Å². The first-order chi connectivity index (χ1) is 7.55. The molecule has 0 aliphatic heterocycles. The molecule has 0 bridgehead atoms. The maximum atomic E-state index is 6.31. The SMILES string of the molecule is COc1cc(C)c(Cl)c(C)c1C1(CN)CC1. The van der Waals surface area contributed by atoms with E-state index < -0.39 is 0 Å². The predicted molar refractivity (Wildman–Crippen MR) is 67.4 cm³/mol. The minimum Gasteiger partial charge on any atom is -0.496 e. The molecule has 1 aromatic rings. The molecule has 1 saturated carbocycles. The van der Waals surface area contributed by atoms with Crippen molar-refractivity contribution in [3.05, 3.63) is 27.8 Å². The van der Waals surface area contributed by atoms with Crippen molar-refractivity contribution in [3.8, 4) is 5.75 Å². The minimum atomic E-state index is 0.118. The van der Waals surface area contributed by atoms with Gasteiger partial charge in [-0.3, -0.25) is 0 Å². The lowest BCUT2D eigenvalue weighted by molar-refractivity contribution is 0.403. The molecule has 0 amide bonds. The quantitative estimate of drug-likeness (QED) is 0.880. The van der Waals surface area contributed by atoms with E-state index in [2.05, 4.69) is 6.92 Å². The topological polar surface area (TPSA) is 35.2 Å². The summed E-state index contributed by atoms with van der Waals surface area (Å²) in [5, 5.41) is 0.843. The summed E-state index contributed by atoms with van der Waals surface area (Å²) in [5.74, 6) is 0.933. The Morgan fingerprint density at radius 3 is 2.50 bits per heavy atom. The molecule has 3 heteroatoms. The van der Waals surface area contributed by atoms with Crippen molar-refractivity contribution in [1.82, 2.24) is 0 Å². The predicted octanol–water partition coefficient (Wildman–Crippen LogP) is 2.96. The molecule has 0 atom stereocenters. The summed E-state index contributed by atoms with van der Waals surface area (Å²) in [4.78, 5) is 0. The highest BCUT2D eigenvalue weighted by Crippen LogP contribution is 2.53. The standard InChI is InChI=1S/C13H18ClNO/c1-8-6-10(16-3)11(9(2)12(8)14)13(7-15)4-5-13/h6H,4-5,7,15H2,1-3H3. The highest BCUT2D eigenvalue weighted by atomic mass is 35.5. The average molecular weight is 240 g/mol. The van der Waals surface area contributed by atoms with E-state index in [4.69, 9.17) is 22.1 Å². The molecule has 1 fully saturated rings. The summed E-state index contributed by atoms with van der Waals surface area (Å²) in [6, 6.07) is 2.01. The second-order valence-electron chi connectivity index (χ2n) is 4.69. The number of aryl methyl sites for hydroxylation is 1. The number of halogens is 1. The van der Waals surface area contributed by atoms with Gasteiger partial charge < -0.3 is 10.5 Å². The Morgan fingerprint density at radius 1 is 1.44 bits per heavy atom. The van der Waals surface area contributed by atoms with E-state index in [-0.39, 0.29) is 5.41 Å². The second-order valence-corrected chi connectivity index (χ2v) is 5.07. The third-order valence-corrected chi connectivity index (χ3v) is 4.22. The van der Waals surface area contributed by atoms with Gasteiger partial charge in [0.05, 0.1) is 7.11 Å². The van der Waals surface area contributed by atoms with E-state index in [9.17, 15) is 0 Å². The Hall–Kier alpha value is -0.730. The Balaban J connectivity index is 2.63. The number of nitrogens with two attached hydrogens (primary N) is 1. The van der Waals surface area contributed by atoms with Crippen LogP contribution in [0.4, 0.5) is 0 Å². The van der Waals surface area contributed by atoms with Crippen molar-refractivity contribution >= 4 is 11.6 Å². The van der Waals surface area contributed by atoms with E-state index in [1.165, 1.54) is 5.56 Å². The molecule has 0 aromatic heterocycles. The van der Waals surface area contributed by atoms with Crippen LogP contribution in [0.5, 0.6) is 5.75 Å². The molecule has 1 aromatic carbocycles. The van der Waals surface area contributed by atoms with Gasteiger partial charge in [0.2, 0.25) is 0 Å². The van der Waals surface area contributed by atoms with Gasteiger partial charge in [-0.2, -0.15) is 0 Å². The Bertz CT molecular complexity index is 424. The van der Waals surface area contributed by atoms with Crippen LogP contribution >= 0.6 is 11.6 Å². The molecule has 1 aliphatic rings. The third-order valence-electron chi connectivity index (χ3n) is 3.64. The van der Waals surface area contributed by atoms with E-state index in [0.29, 0.717) is 6.54 Å². The third kappa shape index (κ3) is 1.61. The maximum Gasteiger partial charge on any atom is 0.123 e. The molecular weight excluding hydrogens is 222 g/mol. The lowest BCUT2D eigenvalue weighted by Gasteiger charge is -2.21. The van der Waals surface area contributed by atoms with Gasteiger partial charge in [0, 0.05) is 22.5 Å². The molecule has 16 heavy (non-hydrogen) atoms. The van der Waals surface area contributed by atoms with Gasteiger partial charge in [0.25, 0.3) is 0 Å². The molecule has 2 N–H and O–H groups in total.